The topological polar surface area (TPSA) is 47.9 Å². The second kappa shape index (κ2) is 5.54. The number of esters is 1. The molecule has 0 fully saturated rings. The molecule has 0 unspecified atom stereocenters. The molecule has 0 N–H and O–H groups in total. The van der Waals surface area contributed by atoms with Crippen LogP contribution in [-0.4, -0.2) is 19.0 Å². The van der Waals surface area contributed by atoms with E-state index in [2.05, 4.69) is 4.99 Å². The molecule has 0 saturated carbocycles. The molecule has 1 aromatic carbocycles. The lowest BCUT2D eigenvalue weighted by atomic mass is 10.1. The first-order valence-corrected chi connectivity index (χ1v) is 7.26. The smallest absolute Gasteiger partial charge is 0.363 e. The summed E-state index contributed by atoms with van der Waals surface area (Å²) in [5.74, 6) is 0.757. The fourth-order valence-electron chi connectivity index (χ4n) is 2.06. The van der Waals surface area contributed by atoms with Crippen molar-refractivity contribution in [1.82, 2.24) is 0 Å². The molecular weight excluding hydrogens is 286 g/mol. The molecule has 5 heteroatoms. The normalized spacial score (nSPS) is 16.0. The Bertz CT molecular complexity index is 745. The van der Waals surface area contributed by atoms with E-state index in [-0.39, 0.29) is 0 Å². The average Bonchev–Trinajstić information content (AvgIpc) is 3.10. The van der Waals surface area contributed by atoms with Crippen molar-refractivity contribution in [3.05, 3.63) is 57.4 Å². The van der Waals surface area contributed by atoms with Gasteiger partial charge < -0.3 is 9.47 Å². The number of aryl methyl sites for hydroxylation is 1. The molecule has 1 aliphatic heterocycles. The highest BCUT2D eigenvalue weighted by Crippen LogP contribution is 2.24. The fourth-order valence-corrected chi connectivity index (χ4v) is 2.71. The third-order valence-corrected chi connectivity index (χ3v) is 3.93. The molecule has 1 aromatic heterocycles. The van der Waals surface area contributed by atoms with E-state index in [0.29, 0.717) is 11.6 Å². The molecule has 3 rings (SSSR count). The summed E-state index contributed by atoms with van der Waals surface area (Å²) >= 11 is 1.49. The second-order valence-corrected chi connectivity index (χ2v) is 5.49. The van der Waals surface area contributed by atoms with Crippen LogP contribution in [0.4, 0.5) is 0 Å². The maximum Gasteiger partial charge on any atom is 0.363 e. The Labute approximate surface area is 126 Å². The SMILES string of the molecule is COc1ccc(/C=C2\N=C(c3cccs3)OC2=O)cc1C. The zero-order chi connectivity index (χ0) is 14.8. The predicted octanol–water partition coefficient (Wildman–Crippen LogP) is 3.41. The Morgan fingerprint density at radius 3 is 2.86 bits per heavy atom. The van der Waals surface area contributed by atoms with Crippen LogP contribution >= 0.6 is 11.3 Å². The fraction of sp³-hybridized carbons (Fsp3) is 0.125. The van der Waals surface area contributed by atoms with E-state index < -0.39 is 5.97 Å². The van der Waals surface area contributed by atoms with E-state index in [4.69, 9.17) is 9.47 Å². The Morgan fingerprint density at radius 1 is 1.33 bits per heavy atom. The summed E-state index contributed by atoms with van der Waals surface area (Å²) in [5.41, 5.74) is 2.19. The molecule has 0 spiro atoms. The maximum absolute atomic E-state index is 11.9. The molecule has 0 radical (unpaired) electrons. The summed E-state index contributed by atoms with van der Waals surface area (Å²) in [6.07, 6.45) is 1.72. The largest absolute Gasteiger partial charge is 0.496 e. The van der Waals surface area contributed by atoms with Crippen LogP contribution in [0.3, 0.4) is 0 Å². The monoisotopic (exact) mass is 299 g/mol. The Kier molecular flexibility index (Phi) is 3.58. The van der Waals surface area contributed by atoms with Gasteiger partial charge in [0.15, 0.2) is 5.70 Å². The standard InChI is InChI=1S/C16H13NO3S/c1-10-8-11(5-6-13(10)19-2)9-12-16(18)20-15(17-12)14-4-3-7-21-14/h3-9H,1-2H3/b12-9-. The quantitative estimate of drug-likeness (QED) is 0.644. The molecule has 0 atom stereocenters. The number of aliphatic imine (C=N–C) groups is 1. The van der Waals surface area contributed by atoms with Crippen molar-refractivity contribution in [1.29, 1.82) is 0 Å². The van der Waals surface area contributed by atoms with Gasteiger partial charge in [0.05, 0.1) is 12.0 Å². The van der Waals surface area contributed by atoms with Crippen LogP contribution < -0.4 is 4.74 Å². The van der Waals surface area contributed by atoms with Crippen molar-refractivity contribution < 1.29 is 14.3 Å². The first kappa shape index (κ1) is 13.6. The van der Waals surface area contributed by atoms with Crippen molar-refractivity contribution in [2.45, 2.75) is 6.92 Å². The number of methoxy groups -OCH3 is 1. The summed E-state index contributed by atoms with van der Waals surface area (Å²) in [6.45, 7) is 1.95. The molecule has 2 aromatic rings. The number of thiophene rings is 1. The van der Waals surface area contributed by atoms with Gasteiger partial charge in [-0.1, -0.05) is 12.1 Å². The third kappa shape index (κ3) is 2.73. The van der Waals surface area contributed by atoms with E-state index in [0.717, 1.165) is 21.8 Å². The number of carbonyl (C=O) groups is 1. The van der Waals surface area contributed by atoms with Crippen LogP contribution in [-0.2, 0) is 9.53 Å². The first-order chi connectivity index (χ1) is 10.2. The maximum atomic E-state index is 11.9. The summed E-state index contributed by atoms with van der Waals surface area (Å²) in [6, 6.07) is 9.45. The van der Waals surface area contributed by atoms with Crippen LogP contribution in [0.5, 0.6) is 5.75 Å². The molecular formula is C16H13NO3S. The predicted molar refractivity (Wildman–Crippen MR) is 82.7 cm³/mol. The zero-order valence-electron chi connectivity index (χ0n) is 11.6. The van der Waals surface area contributed by atoms with Crippen LogP contribution in [0, 0.1) is 6.92 Å². The average molecular weight is 299 g/mol. The molecule has 0 aliphatic carbocycles. The highest BCUT2D eigenvalue weighted by Gasteiger charge is 2.24. The molecule has 0 bridgehead atoms. The molecule has 21 heavy (non-hydrogen) atoms. The minimum absolute atomic E-state index is 0.308. The van der Waals surface area contributed by atoms with E-state index in [1.165, 1.54) is 11.3 Å². The lowest BCUT2D eigenvalue weighted by Gasteiger charge is -2.04. The van der Waals surface area contributed by atoms with Crippen molar-refractivity contribution in [3.63, 3.8) is 0 Å². The molecule has 106 valence electrons. The molecule has 0 saturated heterocycles. The lowest BCUT2D eigenvalue weighted by Crippen LogP contribution is -2.03. The molecule has 1 aliphatic rings. The van der Waals surface area contributed by atoms with Gasteiger partial charge in [-0.25, -0.2) is 9.79 Å². The lowest BCUT2D eigenvalue weighted by molar-refractivity contribution is -0.129. The van der Waals surface area contributed by atoms with Gasteiger partial charge in [0.1, 0.15) is 5.75 Å². The van der Waals surface area contributed by atoms with Gasteiger partial charge in [-0.05, 0) is 47.7 Å². The number of ether oxygens (including phenoxy) is 2. The van der Waals surface area contributed by atoms with E-state index in [1.54, 1.807) is 13.2 Å². The number of benzene rings is 1. The van der Waals surface area contributed by atoms with Crippen molar-refractivity contribution in [2.24, 2.45) is 4.99 Å². The van der Waals surface area contributed by atoms with Crippen LogP contribution in [0.2, 0.25) is 0 Å². The minimum atomic E-state index is -0.424. The van der Waals surface area contributed by atoms with Gasteiger partial charge in [0.25, 0.3) is 0 Å². The van der Waals surface area contributed by atoms with Crippen molar-refractivity contribution in [2.75, 3.05) is 7.11 Å². The molecule has 0 amide bonds. The minimum Gasteiger partial charge on any atom is -0.496 e. The Morgan fingerprint density at radius 2 is 2.19 bits per heavy atom. The van der Waals surface area contributed by atoms with Gasteiger partial charge in [0.2, 0.25) is 5.90 Å². The molecule has 4 nitrogen and oxygen atoms in total. The van der Waals surface area contributed by atoms with Crippen LogP contribution in [0.25, 0.3) is 6.08 Å². The highest BCUT2D eigenvalue weighted by molar-refractivity contribution is 7.12. The zero-order valence-corrected chi connectivity index (χ0v) is 12.4. The Balaban J connectivity index is 1.92. The summed E-state index contributed by atoms with van der Waals surface area (Å²) in [5, 5.41) is 1.92. The number of cyclic esters (lactones) is 1. The summed E-state index contributed by atoms with van der Waals surface area (Å²) < 4.78 is 10.4. The third-order valence-electron chi connectivity index (χ3n) is 3.07. The summed E-state index contributed by atoms with van der Waals surface area (Å²) in [4.78, 5) is 17.0. The van der Waals surface area contributed by atoms with Gasteiger partial charge in [0, 0.05) is 0 Å². The number of carbonyl (C=O) groups excluding carboxylic acids is 1. The first-order valence-electron chi connectivity index (χ1n) is 6.38. The van der Waals surface area contributed by atoms with Gasteiger partial charge in [-0.3, -0.25) is 0 Å². The number of hydrogen-bond acceptors (Lipinski definition) is 5. The van der Waals surface area contributed by atoms with Gasteiger partial charge in [-0.15, -0.1) is 11.3 Å². The number of rotatable bonds is 3. The summed E-state index contributed by atoms with van der Waals surface area (Å²) in [7, 11) is 1.63. The van der Waals surface area contributed by atoms with E-state index in [9.17, 15) is 4.79 Å². The van der Waals surface area contributed by atoms with Crippen molar-refractivity contribution in [3.8, 4) is 5.75 Å². The Hall–Kier alpha value is -2.40. The van der Waals surface area contributed by atoms with Gasteiger partial charge in [-0.2, -0.15) is 0 Å². The van der Waals surface area contributed by atoms with Crippen LogP contribution in [0.15, 0.2) is 46.4 Å². The number of nitrogens with zero attached hydrogens (tertiary/aromatic N) is 1. The van der Waals surface area contributed by atoms with Crippen LogP contribution in [0.1, 0.15) is 16.0 Å². The molecule has 2 heterocycles. The van der Waals surface area contributed by atoms with E-state index in [1.807, 2.05) is 42.6 Å². The van der Waals surface area contributed by atoms with Gasteiger partial charge >= 0.3 is 5.97 Å². The highest BCUT2D eigenvalue weighted by atomic mass is 32.1. The number of hydrogen-bond donors (Lipinski definition) is 0. The van der Waals surface area contributed by atoms with E-state index >= 15 is 0 Å². The second-order valence-electron chi connectivity index (χ2n) is 4.54. The van der Waals surface area contributed by atoms with Crippen molar-refractivity contribution >= 4 is 29.3 Å².